The second-order valence-corrected chi connectivity index (χ2v) is 14.2. The van der Waals surface area contributed by atoms with Crippen molar-refractivity contribution in [3.63, 3.8) is 0 Å². The molecule has 11 heteroatoms. The standard InChI is InChI=1S/C14H20O4.C10H18O4.C10H20O3/c1-4-14(2,3)13(16)18-10-7-5-8-9(6-7)12(15)17-11(8)10;1-5-10(3,4)9(13)14-7(2)6-8(11)12;1-6-10(4,5)9(11)13-8(3)12-7-2/h7-11H,4-6H2,1-3H3;7H,5-6H2,1-4H3,(H,11,12);8H,6-7H2,1-5H3. The number of rotatable bonds is 13. The molecule has 0 aromatic rings. The van der Waals surface area contributed by atoms with Gasteiger partial charge >= 0.3 is 29.8 Å². The van der Waals surface area contributed by atoms with Gasteiger partial charge in [0.25, 0.3) is 0 Å². The number of esters is 4. The van der Waals surface area contributed by atoms with Gasteiger partial charge in [0, 0.05) is 18.4 Å². The Labute approximate surface area is 269 Å². The number of carboxylic acid groups (broad SMARTS) is 1. The number of carboxylic acids is 1. The highest BCUT2D eigenvalue weighted by atomic mass is 16.7. The minimum Gasteiger partial charge on any atom is -0.481 e. The molecule has 260 valence electrons. The van der Waals surface area contributed by atoms with E-state index in [0.717, 1.165) is 25.7 Å². The van der Waals surface area contributed by atoms with Crippen LogP contribution < -0.4 is 0 Å². The highest BCUT2D eigenvalue weighted by Crippen LogP contribution is 2.55. The Morgan fingerprint density at radius 1 is 0.822 bits per heavy atom. The monoisotopic (exact) mass is 642 g/mol. The Kier molecular flexibility index (Phi) is 15.0. The molecule has 0 aromatic heterocycles. The van der Waals surface area contributed by atoms with E-state index in [1.165, 1.54) is 0 Å². The first-order valence-electron chi connectivity index (χ1n) is 16.3. The molecule has 1 heterocycles. The summed E-state index contributed by atoms with van der Waals surface area (Å²) in [7, 11) is 0. The van der Waals surface area contributed by atoms with Gasteiger partial charge in [0.1, 0.15) is 18.3 Å². The van der Waals surface area contributed by atoms with Crippen LogP contribution in [-0.2, 0) is 47.7 Å². The molecule has 3 fully saturated rings. The number of aliphatic carboxylic acids is 1. The van der Waals surface area contributed by atoms with E-state index in [4.69, 9.17) is 28.8 Å². The Hall–Kier alpha value is -2.69. The van der Waals surface area contributed by atoms with Gasteiger partial charge in [0.15, 0.2) is 6.29 Å². The summed E-state index contributed by atoms with van der Waals surface area (Å²) in [6.07, 6.45) is 2.49. The number of hydrogen-bond acceptors (Lipinski definition) is 10. The average molecular weight is 643 g/mol. The molecule has 3 rings (SSSR count). The van der Waals surface area contributed by atoms with Gasteiger partial charge in [0.2, 0.25) is 0 Å². The zero-order valence-electron chi connectivity index (χ0n) is 29.5. The third-order valence-electron chi connectivity index (χ3n) is 9.41. The van der Waals surface area contributed by atoms with Crippen LogP contribution >= 0.6 is 0 Å². The molecule has 0 aromatic carbocycles. The van der Waals surface area contributed by atoms with Crippen LogP contribution in [0.15, 0.2) is 0 Å². The summed E-state index contributed by atoms with van der Waals surface area (Å²) in [5, 5.41) is 8.47. The zero-order chi connectivity index (χ0) is 34.9. The van der Waals surface area contributed by atoms with Crippen molar-refractivity contribution >= 4 is 29.8 Å². The van der Waals surface area contributed by atoms with E-state index in [0.29, 0.717) is 24.9 Å². The minimum absolute atomic E-state index is 0.0779. The van der Waals surface area contributed by atoms with E-state index in [1.807, 2.05) is 55.4 Å². The lowest BCUT2D eigenvalue weighted by Gasteiger charge is -2.29. The third kappa shape index (κ3) is 11.3. The lowest BCUT2D eigenvalue weighted by molar-refractivity contribution is -0.184. The van der Waals surface area contributed by atoms with E-state index >= 15 is 0 Å². The molecule has 0 amide bonds. The van der Waals surface area contributed by atoms with Crippen LogP contribution in [0.4, 0.5) is 0 Å². The van der Waals surface area contributed by atoms with Crippen molar-refractivity contribution in [2.24, 2.45) is 34.0 Å². The van der Waals surface area contributed by atoms with Gasteiger partial charge in [0.05, 0.1) is 28.6 Å². The molecule has 45 heavy (non-hydrogen) atoms. The summed E-state index contributed by atoms with van der Waals surface area (Å²) < 4.78 is 26.2. The first kappa shape index (κ1) is 40.3. The van der Waals surface area contributed by atoms with E-state index in [9.17, 15) is 24.0 Å². The van der Waals surface area contributed by atoms with Crippen LogP contribution in [0, 0.1) is 34.0 Å². The summed E-state index contributed by atoms with van der Waals surface area (Å²) in [6, 6.07) is 0. The molecule has 1 aliphatic heterocycles. The van der Waals surface area contributed by atoms with Crippen molar-refractivity contribution in [2.45, 2.75) is 146 Å². The predicted octanol–water partition coefficient (Wildman–Crippen LogP) is 6.09. The van der Waals surface area contributed by atoms with Gasteiger partial charge in [-0.15, -0.1) is 0 Å². The SMILES string of the molecule is CCC(C)(C)C(=O)OC(C)CC(=O)O.CCC(C)(C)C(=O)OC1C2CC3C(=O)OC1C3C2.CCOC(C)OC(=O)C(C)(C)CC. The smallest absolute Gasteiger partial charge is 0.313 e. The molecule has 0 radical (unpaired) electrons. The average Bonchev–Trinajstić information content (AvgIpc) is 3.58. The van der Waals surface area contributed by atoms with Crippen molar-refractivity contribution < 1.29 is 52.8 Å². The summed E-state index contributed by atoms with van der Waals surface area (Å²) in [6.45, 7) is 22.7. The van der Waals surface area contributed by atoms with Gasteiger partial charge in [-0.3, -0.25) is 24.0 Å². The van der Waals surface area contributed by atoms with E-state index in [1.54, 1.807) is 27.7 Å². The maximum Gasteiger partial charge on any atom is 0.313 e. The number of ether oxygens (including phenoxy) is 5. The van der Waals surface area contributed by atoms with Gasteiger partial charge in [-0.1, -0.05) is 20.8 Å². The molecule has 0 spiro atoms. The molecule has 1 N–H and O–H groups in total. The maximum atomic E-state index is 12.1. The summed E-state index contributed by atoms with van der Waals surface area (Å²) in [5.74, 6) is -1.04. The van der Waals surface area contributed by atoms with Gasteiger partial charge in [-0.2, -0.15) is 0 Å². The lowest BCUT2D eigenvalue weighted by Crippen LogP contribution is -2.39. The highest BCUT2D eigenvalue weighted by molar-refractivity contribution is 5.79. The Bertz CT molecular complexity index is 1030. The first-order valence-corrected chi connectivity index (χ1v) is 16.3. The quantitative estimate of drug-likeness (QED) is 0.141. The molecule has 1 saturated heterocycles. The first-order chi connectivity index (χ1) is 20.7. The normalized spacial score (nSPS) is 24.6. The second kappa shape index (κ2) is 16.7. The predicted molar refractivity (Wildman–Crippen MR) is 167 cm³/mol. The van der Waals surface area contributed by atoms with Crippen molar-refractivity contribution in [3.8, 4) is 0 Å². The number of carbonyl (C=O) groups is 5. The number of fused-ring (bicyclic) bond motifs is 1. The topological polar surface area (TPSA) is 152 Å². The summed E-state index contributed by atoms with van der Waals surface area (Å²) in [5.41, 5.74) is -1.40. The Morgan fingerprint density at radius 2 is 1.31 bits per heavy atom. The number of carbonyl (C=O) groups excluding carboxylic acids is 4. The van der Waals surface area contributed by atoms with Crippen molar-refractivity contribution in [1.29, 1.82) is 0 Å². The van der Waals surface area contributed by atoms with E-state index in [-0.39, 0.29) is 48.4 Å². The Balaban J connectivity index is 0.000000345. The lowest BCUT2D eigenvalue weighted by atomic mass is 9.87. The van der Waals surface area contributed by atoms with E-state index in [2.05, 4.69) is 0 Å². The third-order valence-corrected chi connectivity index (χ3v) is 9.41. The van der Waals surface area contributed by atoms with Crippen LogP contribution in [0.5, 0.6) is 0 Å². The fraction of sp³-hybridized carbons (Fsp3) is 0.853. The number of hydrogen-bond donors (Lipinski definition) is 1. The molecule has 2 bridgehead atoms. The van der Waals surface area contributed by atoms with Crippen LogP contribution in [0.3, 0.4) is 0 Å². The van der Waals surface area contributed by atoms with Crippen LogP contribution in [0.1, 0.15) is 122 Å². The molecule has 3 aliphatic rings. The van der Waals surface area contributed by atoms with E-state index < -0.39 is 34.6 Å². The van der Waals surface area contributed by atoms with Crippen molar-refractivity contribution in [1.82, 2.24) is 0 Å². The van der Waals surface area contributed by atoms with Gasteiger partial charge < -0.3 is 28.8 Å². The molecule has 7 unspecified atom stereocenters. The fourth-order valence-electron chi connectivity index (χ4n) is 4.99. The van der Waals surface area contributed by atoms with Gasteiger partial charge in [-0.25, -0.2) is 0 Å². The van der Waals surface area contributed by atoms with Crippen LogP contribution in [0.25, 0.3) is 0 Å². The zero-order valence-corrected chi connectivity index (χ0v) is 29.5. The largest absolute Gasteiger partial charge is 0.481 e. The van der Waals surface area contributed by atoms with Crippen molar-refractivity contribution in [2.75, 3.05) is 6.61 Å². The van der Waals surface area contributed by atoms with Crippen LogP contribution in [-0.4, -0.2) is 66.2 Å². The fourth-order valence-corrected chi connectivity index (χ4v) is 4.99. The highest BCUT2D eigenvalue weighted by Gasteiger charge is 2.63. The summed E-state index contributed by atoms with van der Waals surface area (Å²) in [4.78, 5) is 57.0. The van der Waals surface area contributed by atoms with Gasteiger partial charge in [-0.05, 0) is 94.4 Å². The van der Waals surface area contributed by atoms with Crippen LogP contribution in [0.2, 0.25) is 0 Å². The maximum absolute atomic E-state index is 12.1. The second-order valence-electron chi connectivity index (χ2n) is 14.2. The molecular weight excluding hydrogens is 584 g/mol. The molecule has 2 aliphatic carbocycles. The molecule has 2 saturated carbocycles. The molecule has 7 atom stereocenters. The minimum atomic E-state index is -0.959. The molecular formula is C34H58O11. The summed E-state index contributed by atoms with van der Waals surface area (Å²) >= 11 is 0. The Morgan fingerprint density at radius 3 is 1.78 bits per heavy atom. The van der Waals surface area contributed by atoms with Crippen molar-refractivity contribution in [3.05, 3.63) is 0 Å². The molecule has 11 nitrogen and oxygen atoms in total.